The van der Waals surface area contributed by atoms with Crippen molar-refractivity contribution in [3.05, 3.63) is 59.1 Å². The molecule has 0 saturated carbocycles. The van der Waals surface area contributed by atoms with Crippen LogP contribution in [0.25, 0.3) is 0 Å². The molecule has 0 bridgehead atoms. The van der Waals surface area contributed by atoms with E-state index in [4.69, 9.17) is 11.6 Å². The Balaban J connectivity index is 2.13. The van der Waals surface area contributed by atoms with E-state index in [1.807, 2.05) is 0 Å². The zero-order valence-electron chi connectivity index (χ0n) is 13.2. The minimum Gasteiger partial charge on any atom is -0.326 e. The number of hydrogen-bond acceptors (Lipinski definition) is 3. The van der Waals surface area contributed by atoms with Crippen LogP contribution in [0.1, 0.15) is 6.42 Å². The Hall–Kier alpha value is -2.19. The number of hydrogen-bond donors (Lipinski definition) is 1. The van der Waals surface area contributed by atoms with Crippen LogP contribution in [-0.2, 0) is 14.8 Å². The summed E-state index contributed by atoms with van der Waals surface area (Å²) in [6, 6.07) is 9.33. The fraction of sp³-hybridized carbons (Fsp3) is 0.188. The second-order valence-corrected chi connectivity index (χ2v) is 7.55. The predicted molar refractivity (Wildman–Crippen MR) is 93.2 cm³/mol. The minimum atomic E-state index is -3.98. The van der Waals surface area contributed by atoms with E-state index < -0.39 is 39.8 Å². The standard InChI is InChI=1S/C16H15ClF2N2O3S/c1-25(23,24)21(16-13(18)3-2-4-14(16)19)10-9-15(22)20-12-7-5-11(17)6-8-12/h2-8H,9-10H2,1H3,(H,20,22). The number of carbonyl (C=O) groups excluding carboxylic acids is 1. The molecule has 0 fully saturated rings. The first-order valence-electron chi connectivity index (χ1n) is 7.15. The maximum absolute atomic E-state index is 13.9. The zero-order valence-corrected chi connectivity index (χ0v) is 14.7. The maximum Gasteiger partial charge on any atom is 0.232 e. The summed E-state index contributed by atoms with van der Waals surface area (Å²) in [6.07, 6.45) is 0.527. The molecule has 0 spiro atoms. The molecule has 0 aliphatic heterocycles. The van der Waals surface area contributed by atoms with Gasteiger partial charge in [0.05, 0.1) is 6.26 Å². The quantitative estimate of drug-likeness (QED) is 0.824. The lowest BCUT2D eigenvalue weighted by Crippen LogP contribution is -2.34. The van der Waals surface area contributed by atoms with Gasteiger partial charge in [0, 0.05) is 23.7 Å². The van der Waals surface area contributed by atoms with Crippen molar-refractivity contribution in [3.63, 3.8) is 0 Å². The number of rotatable bonds is 6. The molecule has 0 atom stereocenters. The van der Waals surface area contributed by atoms with Crippen LogP contribution in [-0.4, -0.2) is 27.1 Å². The van der Waals surface area contributed by atoms with E-state index in [9.17, 15) is 22.0 Å². The lowest BCUT2D eigenvalue weighted by molar-refractivity contribution is -0.116. The number of halogens is 3. The summed E-state index contributed by atoms with van der Waals surface area (Å²) in [6.45, 7) is -0.407. The van der Waals surface area contributed by atoms with Crippen LogP contribution in [0.4, 0.5) is 20.2 Å². The van der Waals surface area contributed by atoms with Crippen LogP contribution < -0.4 is 9.62 Å². The molecular weight excluding hydrogens is 374 g/mol. The van der Waals surface area contributed by atoms with Crippen molar-refractivity contribution < 1.29 is 22.0 Å². The maximum atomic E-state index is 13.9. The summed E-state index contributed by atoms with van der Waals surface area (Å²) >= 11 is 5.74. The molecule has 134 valence electrons. The summed E-state index contributed by atoms with van der Waals surface area (Å²) in [5.74, 6) is -2.56. The molecule has 1 amide bonds. The Morgan fingerprint density at radius 3 is 2.20 bits per heavy atom. The molecule has 0 heterocycles. The molecule has 0 aromatic heterocycles. The van der Waals surface area contributed by atoms with Crippen molar-refractivity contribution in [2.24, 2.45) is 0 Å². The van der Waals surface area contributed by atoms with Gasteiger partial charge in [-0.2, -0.15) is 0 Å². The van der Waals surface area contributed by atoms with Gasteiger partial charge in [0.25, 0.3) is 0 Å². The lowest BCUT2D eigenvalue weighted by atomic mass is 10.2. The Morgan fingerprint density at radius 2 is 1.68 bits per heavy atom. The smallest absolute Gasteiger partial charge is 0.232 e. The molecule has 0 aliphatic rings. The molecule has 2 rings (SSSR count). The Kier molecular flexibility index (Phi) is 5.97. The van der Waals surface area contributed by atoms with Gasteiger partial charge in [-0.1, -0.05) is 17.7 Å². The van der Waals surface area contributed by atoms with E-state index in [1.165, 1.54) is 0 Å². The van der Waals surface area contributed by atoms with Crippen LogP contribution in [0.3, 0.4) is 0 Å². The van der Waals surface area contributed by atoms with E-state index >= 15 is 0 Å². The van der Waals surface area contributed by atoms with E-state index in [2.05, 4.69) is 5.32 Å². The van der Waals surface area contributed by atoms with Gasteiger partial charge in [0.15, 0.2) is 11.6 Å². The Morgan fingerprint density at radius 1 is 1.12 bits per heavy atom. The molecule has 9 heteroatoms. The minimum absolute atomic E-state index is 0.288. The van der Waals surface area contributed by atoms with Crippen molar-refractivity contribution >= 4 is 38.9 Å². The number of nitrogens with one attached hydrogen (secondary N) is 1. The van der Waals surface area contributed by atoms with Crippen LogP contribution in [0.5, 0.6) is 0 Å². The van der Waals surface area contributed by atoms with Crippen molar-refractivity contribution in [1.29, 1.82) is 0 Å². The summed E-state index contributed by atoms with van der Waals surface area (Å²) in [5.41, 5.74) is -0.235. The summed E-state index contributed by atoms with van der Waals surface area (Å²) in [7, 11) is -3.98. The van der Waals surface area contributed by atoms with Gasteiger partial charge in [-0.25, -0.2) is 17.2 Å². The van der Waals surface area contributed by atoms with E-state index in [0.29, 0.717) is 15.0 Å². The number of para-hydroxylation sites is 1. The fourth-order valence-electron chi connectivity index (χ4n) is 2.13. The highest BCUT2D eigenvalue weighted by molar-refractivity contribution is 7.92. The first-order valence-corrected chi connectivity index (χ1v) is 9.38. The van der Waals surface area contributed by atoms with Crippen molar-refractivity contribution in [3.8, 4) is 0 Å². The second kappa shape index (κ2) is 7.79. The molecule has 5 nitrogen and oxygen atoms in total. The molecule has 0 saturated heterocycles. The monoisotopic (exact) mass is 388 g/mol. The number of anilines is 2. The normalized spacial score (nSPS) is 11.2. The van der Waals surface area contributed by atoms with Crippen LogP contribution >= 0.6 is 11.6 Å². The van der Waals surface area contributed by atoms with Crippen molar-refractivity contribution in [2.75, 3.05) is 22.4 Å². The van der Waals surface area contributed by atoms with Gasteiger partial charge >= 0.3 is 0 Å². The highest BCUT2D eigenvalue weighted by Gasteiger charge is 2.25. The molecule has 1 N–H and O–H groups in total. The highest BCUT2D eigenvalue weighted by atomic mass is 35.5. The number of sulfonamides is 1. The summed E-state index contributed by atoms with van der Waals surface area (Å²) in [4.78, 5) is 12.0. The number of nitrogens with zero attached hydrogens (tertiary/aromatic N) is 1. The van der Waals surface area contributed by atoms with Gasteiger partial charge in [0.1, 0.15) is 5.69 Å². The topological polar surface area (TPSA) is 66.5 Å². The van der Waals surface area contributed by atoms with Gasteiger partial charge in [-0.05, 0) is 36.4 Å². The van der Waals surface area contributed by atoms with Crippen molar-refractivity contribution in [1.82, 2.24) is 0 Å². The van der Waals surface area contributed by atoms with Crippen LogP contribution in [0.2, 0.25) is 5.02 Å². The SMILES string of the molecule is CS(=O)(=O)N(CCC(=O)Nc1ccc(Cl)cc1)c1c(F)cccc1F. The summed E-state index contributed by atoms with van der Waals surface area (Å²) < 4.78 is 52.1. The third-order valence-corrected chi connectivity index (χ3v) is 4.68. The van der Waals surface area contributed by atoms with Gasteiger partial charge in [-0.15, -0.1) is 0 Å². The van der Waals surface area contributed by atoms with E-state index in [1.54, 1.807) is 24.3 Å². The molecule has 25 heavy (non-hydrogen) atoms. The molecule has 0 radical (unpaired) electrons. The average Bonchev–Trinajstić information content (AvgIpc) is 2.51. The van der Waals surface area contributed by atoms with Crippen molar-refractivity contribution in [2.45, 2.75) is 6.42 Å². The zero-order chi connectivity index (χ0) is 18.6. The van der Waals surface area contributed by atoms with Gasteiger partial charge < -0.3 is 5.32 Å². The largest absolute Gasteiger partial charge is 0.326 e. The third kappa shape index (κ3) is 5.14. The number of carbonyl (C=O) groups is 1. The second-order valence-electron chi connectivity index (χ2n) is 5.21. The average molecular weight is 389 g/mol. The Bertz CT molecular complexity index is 853. The summed E-state index contributed by atoms with van der Waals surface area (Å²) in [5, 5.41) is 3.05. The highest BCUT2D eigenvalue weighted by Crippen LogP contribution is 2.25. The Labute approximate surface area is 149 Å². The molecule has 0 aliphatic carbocycles. The number of amides is 1. The molecule has 2 aromatic carbocycles. The molecular formula is C16H15ClF2N2O3S. The van der Waals surface area contributed by atoms with Crippen LogP contribution in [0.15, 0.2) is 42.5 Å². The van der Waals surface area contributed by atoms with Gasteiger partial charge in [0.2, 0.25) is 15.9 Å². The van der Waals surface area contributed by atoms with Crippen LogP contribution in [0, 0.1) is 11.6 Å². The lowest BCUT2D eigenvalue weighted by Gasteiger charge is -2.23. The number of benzene rings is 2. The van der Waals surface area contributed by atoms with E-state index in [0.717, 1.165) is 24.5 Å². The molecule has 2 aromatic rings. The fourth-order valence-corrected chi connectivity index (χ4v) is 3.19. The first kappa shape index (κ1) is 19.1. The molecule has 0 unspecified atom stereocenters. The van der Waals surface area contributed by atoms with Gasteiger partial charge in [-0.3, -0.25) is 9.10 Å². The first-order chi connectivity index (χ1) is 11.7. The third-order valence-electron chi connectivity index (χ3n) is 3.26. The van der Waals surface area contributed by atoms with E-state index in [-0.39, 0.29) is 6.42 Å². The predicted octanol–water partition coefficient (Wildman–Crippen LogP) is 3.41.